The topological polar surface area (TPSA) is 52.7 Å². The van der Waals surface area contributed by atoms with Crippen molar-refractivity contribution in [1.29, 1.82) is 0 Å². The molecule has 27 heavy (non-hydrogen) atoms. The Labute approximate surface area is 165 Å². The van der Waals surface area contributed by atoms with Crippen LogP contribution in [0, 0.1) is 0 Å². The monoisotopic (exact) mass is 385 g/mol. The van der Waals surface area contributed by atoms with Crippen molar-refractivity contribution in [1.82, 2.24) is 15.1 Å². The average molecular weight is 386 g/mol. The van der Waals surface area contributed by atoms with Gasteiger partial charge in [-0.25, -0.2) is 0 Å². The van der Waals surface area contributed by atoms with Crippen LogP contribution >= 0.6 is 11.3 Å². The molecule has 3 rings (SSSR count). The van der Waals surface area contributed by atoms with Crippen molar-refractivity contribution in [3.63, 3.8) is 0 Å². The lowest BCUT2D eigenvalue weighted by atomic mass is 10.2. The van der Waals surface area contributed by atoms with Gasteiger partial charge in [-0.1, -0.05) is 36.4 Å². The highest BCUT2D eigenvalue weighted by atomic mass is 32.1. The molecular formula is C21H27N3O2S. The first-order chi connectivity index (χ1) is 13.1. The summed E-state index contributed by atoms with van der Waals surface area (Å²) in [6.07, 6.45) is 1.14. The van der Waals surface area contributed by atoms with E-state index in [-0.39, 0.29) is 11.8 Å². The SMILES string of the molecule is C[C@H](NC(=O)CCc1cccs1)C(=O)N1CCN(Cc2ccccc2)CC1. The van der Waals surface area contributed by atoms with E-state index in [0.717, 1.165) is 26.1 Å². The second kappa shape index (κ2) is 9.67. The smallest absolute Gasteiger partial charge is 0.244 e. The van der Waals surface area contributed by atoms with E-state index in [9.17, 15) is 9.59 Å². The summed E-state index contributed by atoms with van der Waals surface area (Å²) in [5, 5.41) is 4.86. The number of hydrogen-bond acceptors (Lipinski definition) is 4. The number of nitrogens with zero attached hydrogens (tertiary/aromatic N) is 2. The average Bonchev–Trinajstić information content (AvgIpc) is 3.21. The minimum atomic E-state index is -0.471. The summed E-state index contributed by atoms with van der Waals surface area (Å²) in [6, 6.07) is 13.9. The molecule has 1 saturated heterocycles. The van der Waals surface area contributed by atoms with E-state index >= 15 is 0 Å². The lowest BCUT2D eigenvalue weighted by Crippen LogP contribution is -2.53. The molecule has 0 unspecified atom stereocenters. The molecule has 1 fully saturated rings. The second-order valence-corrected chi connectivity index (χ2v) is 7.99. The number of benzene rings is 1. The molecule has 0 bridgehead atoms. The molecule has 144 valence electrons. The van der Waals surface area contributed by atoms with Gasteiger partial charge in [-0.3, -0.25) is 14.5 Å². The molecule has 2 heterocycles. The quantitative estimate of drug-likeness (QED) is 0.797. The van der Waals surface area contributed by atoms with E-state index in [1.165, 1.54) is 10.4 Å². The van der Waals surface area contributed by atoms with Crippen LogP contribution in [0.2, 0.25) is 0 Å². The number of amides is 2. The molecule has 5 nitrogen and oxygen atoms in total. The van der Waals surface area contributed by atoms with Crippen molar-refractivity contribution in [3.05, 3.63) is 58.3 Å². The first-order valence-corrected chi connectivity index (χ1v) is 10.4. The summed E-state index contributed by atoms with van der Waals surface area (Å²) >= 11 is 1.65. The van der Waals surface area contributed by atoms with E-state index in [0.29, 0.717) is 19.5 Å². The Balaban J connectivity index is 1.39. The van der Waals surface area contributed by atoms with Gasteiger partial charge in [0.05, 0.1) is 0 Å². The van der Waals surface area contributed by atoms with Crippen molar-refractivity contribution in [3.8, 4) is 0 Å². The predicted octanol–water partition coefficient (Wildman–Crippen LogP) is 2.53. The number of nitrogens with one attached hydrogen (secondary N) is 1. The molecule has 2 aromatic rings. The highest BCUT2D eigenvalue weighted by Crippen LogP contribution is 2.11. The highest BCUT2D eigenvalue weighted by molar-refractivity contribution is 7.09. The molecule has 0 aliphatic carbocycles. The molecule has 1 aliphatic heterocycles. The maximum atomic E-state index is 12.6. The number of carbonyl (C=O) groups is 2. The number of carbonyl (C=O) groups excluding carboxylic acids is 2. The van der Waals surface area contributed by atoms with Crippen LogP contribution in [0.1, 0.15) is 23.8 Å². The third kappa shape index (κ3) is 5.91. The summed E-state index contributed by atoms with van der Waals surface area (Å²) in [5.41, 5.74) is 1.30. The van der Waals surface area contributed by atoms with Gasteiger partial charge in [-0.05, 0) is 30.4 Å². The van der Waals surface area contributed by atoms with E-state index < -0.39 is 6.04 Å². The van der Waals surface area contributed by atoms with Gasteiger partial charge in [0.1, 0.15) is 6.04 Å². The molecule has 1 aromatic heterocycles. The Morgan fingerprint density at radius 2 is 1.81 bits per heavy atom. The maximum absolute atomic E-state index is 12.6. The zero-order valence-corrected chi connectivity index (χ0v) is 16.6. The van der Waals surface area contributed by atoms with Crippen LogP contribution in [0.5, 0.6) is 0 Å². The molecule has 0 spiro atoms. The molecular weight excluding hydrogens is 358 g/mol. The standard InChI is InChI=1S/C21H27N3O2S/c1-17(22-20(25)10-9-19-8-5-15-27-19)21(26)24-13-11-23(12-14-24)16-18-6-3-2-4-7-18/h2-8,15,17H,9-14,16H2,1H3,(H,22,25)/t17-/m0/s1. The van der Waals surface area contributed by atoms with Crippen LogP contribution in [0.3, 0.4) is 0 Å². The van der Waals surface area contributed by atoms with Gasteiger partial charge < -0.3 is 10.2 Å². The highest BCUT2D eigenvalue weighted by Gasteiger charge is 2.25. The summed E-state index contributed by atoms with van der Waals surface area (Å²) in [5.74, 6) is -0.0502. The summed E-state index contributed by atoms with van der Waals surface area (Å²) in [6.45, 7) is 5.83. The number of rotatable bonds is 7. The number of aryl methyl sites for hydroxylation is 1. The zero-order valence-electron chi connectivity index (χ0n) is 15.8. The third-order valence-corrected chi connectivity index (χ3v) is 5.80. The second-order valence-electron chi connectivity index (χ2n) is 6.96. The first kappa shape index (κ1) is 19.6. The molecule has 1 atom stereocenters. The lowest BCUT2D eigenvalue weighted by molar-refractivity contribution is -0.137. The summed E-state index contributed by atoms with van der Waals surface area (Å²) in [7, 11) is 0. The minimum Gasteiger partial charge on any atom is -0.345 e. The van der Waals surface area contributed by atoms with Gasteiger partial charge >= 0.3 is 0 Å². The Morgan fingerprint density at radius 3 is 2.48 bits per heavy atom. The van der Waals surface area contributed by atoms with Crippen LogP contribution < -0.4 is 5.32 Å². The van der Waals surface area contributed by atoms with E-state index in [1.807, 2.05) is 28.5 Å². The minimum absolute atomic E-state index is 0.0128. The van der Waals surface area contributed by atoms with Gasteiger partial charge in [0, 0.05) is 44.0 Å². The third-order valence-electron chi connectivity index (χ3n) is 4.86. The molecule has 1 aliphatic rings. The molecule has 0 radical (unpaired) electrons. The zero-order chi connectivity index (χ0) is 19.1. The first-order valence-electron chi connectivity index (χ1n) is 9.48. The van der Waals surface area contributed by atoms with Gasteiger partial charge in [-0.15, -0.1) is 11.3 Å². The van der Waals surface area contributed by atoms with Gasteiger partial charge in [0.15, 0.2) is 0 Å². The number of piperazine rings is 1. The molecule has 0 saturated carbocycles. The molecule has 1 N–H and O–H groups in total. The Kier molecular flexibility index (Phi) is 7.01. The molecule has 2 amide bonds. The van der Waals surface area contributed by atoms with Crippen LogP contribution in [0.4, 0.5) is 0 Å². The number of hydrogen-bond donors (Lipinski definition) is 1. The Bertz CT molecular complexity index is 725. The summed E-state index contributed by atoms with van der Waals surface area (Å²) in [4.78, 5) is 30.2. The Morgan fingerprint density at radius 1 is 1.07 bits per heavy atom. The van der Waals surface area contributed by atoms with Gasteiger partial charge in [0.2, 0.25) is 11.8 Å². The van der Waals surface area contributed by atoms with E-state index in [2.05, 4.69) is 34.5 Å². The largest absolute Gasteiger partial charge is 0.345 e. The fourth-order valence-electron chi connectivity index (χ4n) is 3.31. The summed E-state index contributed by atoms with van der Waals surface area (Å²) < 4.78 is 0. The number of thiophene rings is 1. The van der Waals surface area contributed by atoms with Crippen LogP contribution in [-0.2, 0) is 22.6 Å². The normalized spacial score (nSPS) is 16.1. The van der Waals surface area contributed by atoms with E-state index in [4.69, 9.17) is 0 Å². The Hall–Kier alpha value is -2.18. The van der Waals surface area contributed by atoms with E-state index in [1.54, 1.807) is 18.3 Å². The van der Waals surface area contributed by atoms with Crippen molar-refractivity contribution < 1.29 is 9.59 Å². The van der Waals surface area contributed by atoms with Gasteiger partial charge in [-0.2, -0.15) is 0 Å². The van der Waals surface area contributed by atoms with Crippen molar-refractivity contribution >= 4 is 23.2 Å². The lowest BCUT2D eigenvalue weighted by Gasteiger charge is -2.36. The van der Waals surface area contributed by atoms with Crippen molar-refractivity contribution in [2.75, 3.05) is 26.2 Å². The fourth-order valence-corrected chi connectivity index (χ4v) is 4.02. The van der Waals surface area contributed by atoms with Crippen LogP contribution in [-0.4, -0.2) is 53.8 Å². The fraction of sp³-hybridized carbons (Fsp3) is 0.429. The van der Waals surface area contributed by atoms with Crippen molar-refractivity contribution in [2.24, 2.45) is 0 Å². The molecule has 1 aromatic carbocycles. The van der Waals surface area contributed by atoms with Crippen LogP contribution in [0.25, 0.3) is 0 Å². The van der Waals surface area contributed by atoms with Crippen molar-refractivity contribution in [2.45, 2.75) is 32.4 Å². The van der Waals surface area contributed by atoms with Crippen LogP contribution in [0.15, 0.2) is 47.8 Å². The van der Waals surface area contributed by atoms with Gasteiger partial charge in [0.25, 0.3) is 0 Å². The predicted molar refractivity (Wildman–Crippen MR) is 109 cm³/mol. The maximum Gasteiger partial charge on any atom is 0.244 e. The molecule has 6 heteroatoms.